The second kappa shape index (κ2) is 8.78. The monoisotopic (exact) mass is 487 g/mol. The number of ether oxygens (including phenoxy) is 1. The Morgan fingerprint density at radius 2 is 1.83 bits per heavy atom. The molecule has 6 rings (SSSR count). The van der Waals surface area contributed by atoms with Gasteiger partial charge in [-0.3, -0.25) is 24.5 Å². The molecule has 0 spiro atoms. The van der Waals surface area contributed by atoms with Crippen molar-refractivity contribution in [2.75, 3.05) is 13.1 Å². The second-order valence-electron chi connectivity index (χ2n) is 9.49. The van der Waals surface area contributed by atoms with Gasteiger partial charge in [0.15, 0.2) is 0 Å². The Morgan fingerprint density at radius 1 is 1.08 bits per heavy atom. The average molecular weight is 488 g/mol. The number of benzene rings is 2. The van der Waals surface area contributed by atoms with Crippen LogP contribution in [0.5, 0.6) is 0 Å². The number of nitro benzene ring substituents is 1. The van der Waals surface area contributed by atoms with Crippen LogP contribution in [0.3, 0.4) is 0 Å². The van der Waals surface area contributed by atoms with E-state index in [1.807, 2.05) is 21.9 Å². The molecule has 184 valence electrons. The number of amides is 2. The molecule has 3 aromatic rings. The Morgan fingerprint density at radius 3 is 2.58 bits per heavy atom. The van der Waals surface area contributed by atoms with Crippen LogP contribution in [0.15, 0.2) is 60.8 Å². The summed E-state index contributed by atoms with van der Waals surface area (Å²) in [4.78, 5) is 39.8. The first kappa shape index (κ1) is 22.3. The fourth-order valence-corrected chi connectivity index (χ4v) is 5.64. The normalized spacial score (nSPS) is 21.3. The summed E-state index contributed by atoms with van der Waals surface area (Å²) < 4.78 is 7.29. The van der Waals surface area contributed by atoms with Crippen LogP contribution in [0.1, 0.15) is 30.0 Å². The molecule has 2 amide bonds. The van der Waals surface area contributed by atoms with E-state index in [0.717, 1.165) is 12.0 Å². The maximum absolute atomic E-state index is 13.0. The quantitative estimate of drug-likeness (QED) is 0.402. The lowest BCUT2D eigenvalue weighted by Gasteiger charge is -2.38. The third-order valence-corrected chi connectivity index (χ3v) is 7.43. The molecule has 2 atom stereocenters. The maximum atomic E-state index is 13.0. The number of non-ortho nitro benzene ring substituents is 1. The summed E-state index contributed by atoms with van der Waals surface area (Å²) in [6.07, 6.45) is 3.53. The molecule has 0 radical (unpaired) electrons. The van der Waals surface area contributed by atoms with E-state index in [1.165, 1.54) is 23.3 Å². The lowest BCUT2D eigenvalue weighted by Crippen LogP contribution is -2.48. The minimum Gasteiger partial charge on any atom is -0.443 e. The molecule has 10 heteroatoms. The van der Waals surface area contributed by atoms with E-state index in [0.29, 0.717) is 31.6 Å². The van der Waals surface area contributed by atoms with E-state index in [4.69, 9.17) is 4.74 Å². The number of carbonyl (C=O) groups is 2. The third-order valence-electron chi connectivity index (χ3n) is 7.43. The summed E-state index contributed by atoms with van der Waals surface area (Å²) in [5, 5.41) is 15.3. The summed E-state index contributed by atoms with van der Waals surface area (Å²) in [5.74, 6) is -0.0279. The number of nitrogens with zero attached hydrogens (tertiary/aromatic N) is 5. The molecule has 2 fully saturated rings. The van der Waals surface area contributed by atoms with Crippen molar-refractivity contribution in [1.29, 1.82) is 0 Å². The van der Waals surface area contributed by atoms with Gasteiger partial charge in [0.05, 0.1) is 16.7 Å². The summed E-state index contributed by atoms with van der Waals surface area (Å²) in [7, 11) is 0. The molecule has 2 aromatic carbocycles. The van der Waals surface area contributed by atoms with E-state index >= 15 is 0 Å². The first-order chi connectivity index (χ1) is 17.5. The van der Waals surface area contributed by atoms with Crippen molar-refractivity contribution in [3.63, 3.8) is 0 Å². The molecular weight excluding hydrogens is 462 g/mol. The van der Waals surface area contributed by atoms with Gasteiger partial charge >= 0.3 is 6.09 Å². The Balaban J connectivity index is 1.07. The lowest BCUT2D eigenvalue weighted by molar-refractivity contribution is -0.384. The van der Waals surface area contributed by atoms with Gasteiger partial charge in [-0.2, -0.15) is 5.10 Å². The standard InChI is InChI=1S/C26H25N5O5/c32-24(16-29-14-11-22(27-29)17-5-7-20(8-6-17)31(34)35)28-12-9-19(10-13-28)30-25-21-4-2-1-3-18(21)15-23(25)36-26(30)33/h1-8,11,14,19,23,25H,9-10,12-13,15-16H2/t23-,25+/m1/s1. The van der Waals surface area contributed by atoms with Crippen LogP contribution >= 0.6 is 0 Å². The Bertz CT molecular complexity index is 1330. The van der Waals surface area contributed by atoms with Crippen molar-refractivity contribution in [2.24, 2.45) is 0 Å². The number of aromatic nitrogens is 2. The third kappa shape index (κ3) is 3.88. The van der Waals surface area contributed by atoms with E-state index in [-0.39, 0.29) is 42.4 Å². The molecule has 36 heavy (non-hydrogen) atoms. The minimum atomic E-state index is -0.443. The highest BCUT2D eigenvalue weighted by molar-refractivity contribution is 5.76. The fourth-order valence-electron chi connectivity index (χ4n) is 5.64. The molecule has 10 nitrogen and oxygen atoms in total. The largest absolute Gasteiger partial charge is 0.443 e. The zero-order valence-electron chi connectivity index (χ0n) is 19.5. The molecular formula is C26H25N5O5. The predicted molar refractivity (Wildman–Crippen MR) is 129 cm³/mol. The molecule has 0 bridgehead atoms. The van der Waals surface area contributed by atoms with Gasteiger partial charge in [-0.1, -0.05) is 24.3 Å². The van der Waals surface area contributed by atoms with E-state index in [9.17, 15) is 19.7 Å². The molecule has 0 N–H and O–H groups in total. The topological polar surface area (TPSA) is 111 Å². The fraction of sp³-hybridized carbons (Fsp3) is 0.346. The van der Waals surface area contributed by atoms with Crippen LogP contribution in [0.2, 0.25) is 0 Å². The SMILES string of the molecule is O=C(Cn1ccc(-c2ccc([N+](=O)[O-])cc2)n1)N1CCC(N2C(=O)O[C@@H]3Cc4ccccc4[C@@H]32)CC1. The van der Waals surface area contributed by atoms with E-state index in [1.54, 1.807) is 29.1 Å². The maximum Gasteiger partial charge on any atom is 0.411 e. The summed E-state index contributed by atoms with van der Waals surface area (Å²) in [5.41, 5.74) is 3.83. The lowest BCUT2D eigenvalue weighted by atomic mass is 9.99. The smallest absolute Gasteiger partial charge is 0.411 e. The molecule has 3 heterocycles. The highest BCUT2D eigenvalue weighted by Crippen LogP contribution is 2.44. The number of fused-ring (bicyclic) bond motifs is 3. The first-order valence-corrected chi connectivity index (χ1v) is 12.1. The van der Waals surface area contributed by atoms with Crippen LogP contribution in [0, 0.1) is 10.1 Å². The Hall–Kier alpha value is -4.21. The van der Waals surface area contributed by atoms with Crippen LogP contribution in [0.4, 0.5) is 10.5 Å². The van der Waals surface area contributed by atoms with Crippen molar-refractivity contribution in [2.45, 2.75) is 44.0 Å². The van der Waals surface area contributed by atoms with E-state index < -0.39 is 4.92 Å². The zero-order chi connectivity index (χ0) is 24.8. The Kier molecular flexibility index (Phi) is 5.43. The van der Waals surface area contributed by atoms with Crippen LogP contribution in [-0.4, -0.2) is 61.7 Å². The number of carbonyl (C=O) groups excluding carboxylic acids is 2. The average Bonchev–Trinajstić information content (AvgIpc) is 3.57. The van der Waals surface area contributed by atoms with Crippen molar-refractivity contribution in [1.82, 2.24) is 19.6 Å². The van der Waals surface area contributed by atoms with Crippen molar-refractivity contribution in [3.8, 4) is 11.3 Å². The molecule has 0 saturated carbocycles. The van der Waals surface area contributed by atoms with Gasteiger partial charge in [-0.15, -0.1) is 0 Å². The first-order valence-electron chi connectivity index (χ1n) is 12.1. The molecule has 2 saturated heterocycles. The van der Waals surface area contributed by atoms with Crippen LogP contribution < -0.4 is 0 Å². The summed E-state index contributed by atoms with van der Waals surface area (Å²) >= 11 is 0. The molecule has 1 aromatic heterocycles. The number of hydrogen-bond acceptors (Lipinski definition) is 6. The number of hydrogen-bond donors (Lipinski definition) is 0. The molecule has 3 aliphatic rings. The molecule has 1 aliphatic carbocycles. The second-order valence-corrected chi connectivity index (χ2v) is 9.49. The number of piperidine rings is 1. The minimum absolute atomic E-state index is 0.0200. The van der Waals surface area contributed by atoms with Gasteiger partial charge < -0.3 is 9.64 Å². The Labute approximate surface area is 207 Å². The van der Waals surface area contributed by atoms with Gasteiger partial charge in [-0.05, 0) is 42.2 Å². The predicted octanol–water partition coefficient (Wildman–Crippen LogP) is 3.57. The van der Waals surface area contributed by atoms with Crippen molar-refractivity contribution < 1.29 is 19.2 Å². The van der Waals surface area contributed by atoms with Crippen LogP contribution in [-0.2, 0) is 22.5 Å². The molecule has 0 unspecified atom stereocenters. The molecule has 2 aliphatic heterocycles. The van der Waals surface area contributed by atoms with Crippen LogP contribution in [0.25, 0.3) is 11.3 Å². The number of rotatable bonds is 5. The highest BCUT2D eigenvalue weighted by atomic mass is 16.6. The summed E-state index contributed by atoms with van der Waals surface area (Å²) in [6.45, 7) is 1.26. The van der Waals surface area contributed by atoms with Gasteiger partial charge in [0, 0.05) is 49.4 Å². The number of likely N-dealkylation sites (tertiary alicyclic amines) is 1. The van der Waals surface area contributed by atoms with Gasteiger partial charge in [0.2, 0.25) is 5.91 Å². The van der Waals surface area contributed by atoms with Crippen molar-refractivity contribution in [3.05, 3.63) is 82.0 Å². The zero-order valence-corrected chi connectivity index (χ0v) is 19.5. The number of nitro groups is 1. The van der Waals surface area contributed by atoms with Crippen molar-refractivity contribution >= 4 is 17.7 Å². The highest BCUT2D eigenvalue weighted by Gasteiger charge is 2.50. The van der Waals surface area contributed by atoms with Gasteiger partial charge in [0.25, 0.3) is 5.69 Å². The van der Waals surface area contributed by atoms with Gasteiger partial charge in [-0.25, -0.2) is 4.79 Å². The van der Waals surface area contributed by atoms with Gasteiger partial charge in [0.1, 0.15) is 12.6 Å². The summed E-state index contributed by atoms with van der Waals surface area (Å²) in [6, 6.07) is 16.2. The van der Waals surface area contributed by atoms with E-state index in [2.05, 4.69) is 17.2 Å².